The van der Waals surface area contributed by atoms with Crippen LogP contribution in [0.25, 0.3) is 0 Å². The van der Waals surface area contributed by atoms with Gasteiger partial charge in [0.2, 0.25) is 0 Å². The van der Waals surface area contributed by atoms with Gasteiger partial charge in [0, 0.05) is 42.1 Å². The lowest BCUT2D eigenvalue weighted by Crippen LogP contribution is -2.36. The predicted octanol–water partition coefficient (Wildman–Crippen LogP) is 2.31. The molecule has 0 atom stereocenters. The van der Waals surface area contributed by atoms with Crippen molar-refractivity contribution in [3.8, 4) is 0 Å². The van der Waals surface area contributed by atoms with Gasteiger partial charge in [-0.15, -0.1) is 0 Å². The maximum atomic E-state index is 12.4. The zero-order valence-electron chi connectivity index (χ0n) is 15.9. The second-order valence-electron chi connectivity index (χ2n) is 7.93. The summed E-state index contributed by atoms with van der Waals surface area (Å²) < 4.78 is 4.00. The first kappa shape index (κ1) is 17.5. The van der Waals surface area contributed by atoms with Crippen LogP contribution >= 0.6 is 0 Å². The Hall–Kier alpha value is -1.95. The van der Waals surface area contributed by atoms with Crippen molar-refractivity contribution >= 4 is 0 Å². The van der Waals surface area contributed by atoms with Crippen LogP contribution in [-0.2, 0) is 26.1 Å². The molecule has 0 radical (unpaired) electrons. The largest absolute Gasteiger partial charge is 0.299 e. The minimum absolute atomic E-state index is 0.117. The van der Waals surface area contributed by atoms with E-state index in [0.29, 0.717) is 5.92 Å². The van der Waals surface area contributed by atoms with E-state index in [4.69, 9.17) is 0 Å². The van der Waals surface area contributed by atoms with Crippen molar-refractivity contribution in [3.05, 3.63) is 45.4 Å². The number of hydrogen-bond donors (Lipinski definition) is 0. The maximum absolute atomic E-state index is 12.4. The lowest BCUT2D eigenvalue weighted by molar-refractivity contribution is 0.165. The highest BCUT2D eigenvalue weighted by molar-refractivity contribution is 5.19. The fourth-order valence-electron chi connectivity index (χ4n) is 4.27. The molecule has 6 nitrogen and oxygen atoms in total. The third-order valence-electron chi connectivity index (χ3n) is 6.14. The molecule has 1 fully saturated rings. The van der Waals surface area contributed by atoms with Gasteiger partial charge in [-0.3, -0.25) is 18.9 Å². The molecule has 0 bridgehead atoms. The second kappa shape index (κ2) is 7.35. The van der Waals surface area contributed by atoms with Crippen LogP contribution in [0.2, 0.25) is 0 Å². The third kappa shape index (κ3) is 3.47. The van der Waals surface area contributed by atoms with Crippen LogP contribution in [0.1, 0.15) is 48.2 Å². The van der Waals surface area contributed by atoms with Gasteiger partial charge in [0.05, 0.1) is 12.5 Å². The maximum Gasteiger partial charge on any atom is 0.256 e. The van der Waals surface area contributed by atoms with Gasteiger partial charge in [0.25, 0.3) is 5.56 Å². The van der Waals surface area contributed by atoms with E-state index >= 15 is 0 Å². The first-order valence-electron chi connectivity index (χ1n) is 9.90. The summed E-state index contributed by atoms with van der Waals surface area (Å²) in [6, 6.07) is 0. The molecule has 0 unspecified atom stereocenters. The van der Waals surface area contributed by atoms with E-state index in [1.54, 1.807) is 10.9 Å². The minimum atomic E-state index is 0.117. The summed E-state index contributed by atoms with van der Waals surface area (Å²) in [6.45, 7) is 8.86. The summed E-state index contributed by atoms with van der Waals surface area (Å²) >= 11 is 0. The molecule has 26 heavy (non-hydrogen) atoms. The Morgan fingerprint density at radius 1 is 1.15 bits per heavy atom. The Morgan fingerprint density at radius 3 is 2.77 bits per heavy atom. The third-order valence-corrected chi connectivity index (χ3v) is 6.14. The highest BCUT2D eigenvalue weighted by atomic mass is 16.1. The van der Waals surface area contributed by atoms with E-state index in [1.165, 1.54) is 30.5 Å². The molecular formula is C20H29N5O. The van der Waals surface area contributed by atoms with Crippen LogP contribution in [0.15, 0.2) is 17.3 Å². The minimum Gasteiger partial charge on any atom is -0.299 e. The number of hydrogen-bond acceptors (Lipinski definition) is 4. The quantitative estimate of drug-likeness (QED) is 0.844. The van der Waals surface area contributed by atoms with Crippen LogP contribution in [0.4, 0.5) is 0 Å². The zero-order valence-corrected chi connectivity index (χ0v) is 15.9. The molecular weight excluding hydrogens is 326 g/mol. The number of piperidine rings is 1. The zero-order chi connectivity index (χ0) is 18.1. The highest BCUT2D eigenvalue weighted by Gasteiger charge is 2.22. The van der Waals surface area contributed by atoms with Crippen molar-refractivity contribution < 1.29 is 0 Å². The van der Waals surface area contributed by atoms with E-state index < -0.39 is 0 Å². The normalized spacial score (nSPS) is 18.8. The molecule has 0 aliphatic carbocycles. The van der Waals surface area contributed by atoms with E-state index in [1.807, 2.05) is 13.8 Å². The predicted molar refractivity (Wildman–Crippen MR) is 101 cm³/mol. The molecule has 0 N–H and O–H groups in total. The smallest absolute Gasteiger partial charge is 0.256 e. The molecule has 140 valence electrons. The first-order chi connectivity index (χ1) is 12.6. The van der Waals surface area contributed by atoms with Crippen molar-refractivity contribution in [3.63, 3.8) is 0 Å². The molecule has 2 aliphatic heterocycles. The highest BCUT2D eigenvalue weighted by Crippen LogP contribution is 2.23. The first-order valence-corrected chi connectivity index (χ1v) is 9.90. The topological polar surface area (TPSA) is 56.0 Å². The Labute approximate surface area is 154 Å². The number of nitrogens with zero attached hydrogens (tertiary/aromatic N) is 5. The summed E-state index contributed by atoms with van der Waals surface area (Å²) in [4.78, 5) is 19.3. The molecule has 0 amide bonds. The number of aromatic nitrogens is 4. The van der Waals surface area contributed by atoms with Crippen LogP contribution in [0.5, 0.6) is 0 Å². The summed E-state index contributed by atoms with van der Waals surface area (Å²) in [6.07, 6.45) is 9.80. The molecule has 1 saturated heterocycles. The van der Waals surface area contributed by atoms with Crippen LogP contribution in [0, 0.1) is 19.8 Å². The number of aryl methyl sites for hydroxylation is 2. The van der Waals surface area contributed by atoms with Gasteiger partial charge in [-0.1, -0.05) is 0 Å². The SMILES string of the molecule is Cc1ncn(CC2CCN(Cc3cnn4c3CCCC4)CC2)c(=O)c1C. The van der Waals surface area contributed by atoms with Crippen molar-refractivity contribution in [1.29, 1.82) is 0 Å². The van der Waals surface area contributed by atoms with Gasteiger partial charge in [-0.05, 0) is 65.0 Å². The molecule has 4 heterocycles. The van der Waals surface area contributed by atoms with E-state index in [2.05, 4.69) is 25.9 Å². The van der Waals surface area contributed by atoms with Gasteiger partial charge >= 0.3 is 0 Å². The summed E-state index contributed by atoms with van der Waals surface area (Å²) in [5, 5.41) is 4.56. The van der Waals surface area contributed by atoms with Gasteiger partial charge in [0.1, 0.15) is 0 Å². The second-order valence-corrected chi connectivity index (χ2v) is 7.93. The Morgan fingerprint density at radius 2 is 1.96 bits per heavy atom. The Kier molecular flexibility index (Phi) is 4.94. The van der Waals surface area contributed by atoms with Crippen molar-refractivity contribution in [2.45, 2.75) is 65.6 Å². The average molecular weight is 355 g/mol. The molecule has 0 aromatic carbocycles. The lowest BCUT2D eigenvalue weighted by atomic mass is 9.96. The van der Waals surface area contributed by atoms with Crippen molar-refractivity contribution in [2.24, 2.45) is 5.92 Å². The standard InChI is InChI=1S/C20H29N5O/c1-15-16(2)21-14-24(20(15)26)12-17-6-9-23(10-7-17)13-18-11-22-25-8-4-3-5-19(18)25/h11,14,17H,3-10,12-13H2,1-2H3. The number of fused-ring (bicyclic) bond motifs is 1. The van der Waals surface area contributed by atoms with Crippen LogP contribution < -0.4 is 5.56 Å². The molecule has 2 aromatic rings. The Bertz CT molecular complexity index is 829. The molecule has 2 aliphatic rings. The summed E-state index contributed by atoms with van der Waals surface area (Å²) in [5.74, 6) is 0.564. The molecule has 0 spiro atoms. The van der Waals surface area contributed by atoms with Crippen LogP contribution in [0.3, 0.4) is 0 Å². The average Bonchev–Trinajstić information content (AvgIpc) is 3.07. The molecule has 6 heteroatoms. The summed E-state index contributed by atoms with van der Waals surface area (Å²) in [7, 11) is 0. The van der Waals surface area contributed by atoms with Gasteiger partial charge in [-0.25, -0.2) is 4.98 Å². The molecule has 2 aromatic heterocycles. The van der Waals surface area contributed by atoms with Gasteiger partial charge in [-0.2, -0.15) is 5.10 Å². The van der Waals surface area contributed by atoms with E-state index in [0.717, 1.165) is 56.8 Å². The fraction of sp³-hybridized carbons (Fsp3) is 0.650. The van der Waals surface area contributed by atoms with E-state index in [9.17, 15) is 4.79 Å². The Balaban J connectivity index is 1.34. The van der Waals surface area contributed by atoms with Crippen LogP contribution in [-0.4, -0.2) is 37.3 Å². The molecule has 0 saturated carbocycles. The van der Waals surface area contributed by atoms with Gasteiger partial charge < -0.3 is 0 Å². The van der Waals surface area contributed by atoms with Crippen molar-refractivity contribution in [1.82, 2.24) is 24.2 Å². The molecule has 4 rings (SSSR count). The summed E-state index contributed by atoms with van der Waals surface area (Å²) in [5.41, 5.74) is 4.59. The van der Waals surface area contributed by atoms with Crippen molar-refractivity contribution in [2.75, 3.05) is 13.1 Å². The number of likely N-dealkylation sites (tertiary alicyclic amines) is 1. The number of rotatable bonds is 4. The monoisotopic (exact) mass is 355 g/mol. The lowest BCUT2D eigenvalue weighted by Gasteiger charge is -2.32. The fourth-order valence-corrected chi connectivity index (χ4v) is 4.27. The van der Waals surface area contributed by atoms with E-state index in [-0.39, 0.29) is 5.56 Å². The van der Waals surface area contributed by atoms with Gasteiger partial charge in [0.15, 0.2) is 0 Å².